The number of nitrogens with one attached hydrogen (secondary N) is 1. The largest absolute Gasteiger partial charge is 0.395 e. The van der Waals surface area contributed by atoms with Crippen molar-refractivity contribution in [3.8, 4) is 0 Å². The van der Waals surface area contributed by atoms with E-state index in [1.165, 1.54) is 0 Å². The molecule has 0 spiro atoms. The van der Waals surface area contributed by atoms with E-state index in [1.54, 1.807) is 12.1 Å². The Morgan fingerprint density at radius 2 is 2.00 bits per heavy atom. The zero-order valence-corrected chi connectivity index (χ0v) is 18.7. The van der Waals surface area contributed by atoms with Crippen molar-refractivity contribution in [2.45, 2.75) is 24.9 Å². The molecule has 162 valence electrons. The topological polar surface area (TPSA) is 55.8 Å². The second-order valence-electron chi connectivity index (χ2n) is 7.78. The summed E-state index contributed by atoms with van der Waals surface area (Å²) in [7, 11) is 1.87. The van der Waals surface area contributed by atoms with Crippen molar-refractivity contribution < 1.29 is 9.90 Å². The van der Waals surface area contributed by atoms with Crippen molar-refractivity contribution in [1.82, 2.24) is 15.1 Å². The lowest BCUT2D eigenvalue weighted by molar-refractivity contribution is -0.131. The number of likely N-dealkylation sites (tertiary alicyclic amines) is 1. The zero-order valence-electron chi connectivity index (χ0n) is 17.2. The summed E-state index contributed by atoms with van der Waals surface area (Å²) in [5.74, 6) is 0.0383. The Bertz CT molecular complexity index is 834. The molecule has 2 N–H and O–H groups in total. The fourth-order valence-electron chi connectivity index (χ4n) is 3.93. The minimum absolute atomic E-state index is 0.0383. The summed E-state index contributed by atoms with van der Waals surface area (Å²) in [6.07, 6.45) is 1.32. The number of benzene rings is 2. The van der Waals surface area contributed by atoms with Crippen LogP contribution in [0.4, 0.5) is 0 Å². The first-order chi connectivity index (χ1) is 14.5. The maximum Gasteiger partial charge on any atom is 0.227 e. The van der Waals surface area contributed by atoms with Crippen LogP contribution in [-0.2, 0) is 11.2 Å². The fourth-order valence-corrected chi connectivity index (χ4v) is 4.25. The Labute approximate surface area is 188 Å². The monoisotopic (exact) mass is 449 g/mol. The normalized spacial score (nSPS) is 17.8. The summed E-state index contributed by atoms with van der Waals surface area (Å²) in [4.78, 5) is 17.3. The van der Waals surface area contributed by atoms with Gasteiger partial charge >= 0.3 is 0 Å². The van der Waals surface area contributed by atoms with E-state index in [0.717, 1.165) is 37.2 Å². The molecule has 1 amide bonds. The molecule has 0 aromatic heterocycles. The number of nitrogens with zero attached hydrogens (tertiary/aromatic N) is 2. The fraction of sp³-hybridized carbons (Fsp3) is 0.435. The molecule has 1 aliphatic heterocycles. The molecule has 30 heavy (non-hydrogen) atoms. The Morgan fingerprint density at radius 3 is 2.70 bits per heavy atom. The highest BCUT2D eigenvalue weighted by Gasteiger charge is 2.28. The van der Waals surface area contributed by atoms with Gasteiger partial charge in [-0.05, 0) is 36.2 Å². The molecule has 1 heterocycles. The molecule has 1 aliphatic rings. The van der Waals surface area contributed by atoms with Gasteiger partial charge in [-0.2, -0.15) is 0 Å². The molecule has 5 nitrogen and oxygen atoms in total. The van der Waals surface area contributed by atoms with Crippen LogP contribution >= 0.6 is 23.2 Å². The van der Waals surface area contributed by atoms with Gasteiger partial charge in [0.25, 0.3) is 0 Å². The first-order valence-corrected chi connectivity index (χ1v) is 11.0. The Kier molecular flexibility index (Phi) is 8.54. The van der Waals surface area contributed by atoms with E-state index in [-0.39, 0.29) is 25.0 Å². The average Bonchev–Trinajstić information content (AvgIpc) is 3.20. The Morgan fingerprint density at radius 1 is 1.23 bits per heavy atom. The number of carbonyl (C=O) groups is 1. The van der Waals surface area contributed by atoms with Crippen molar-refractivity contribution in [2.24, 2.45) is 0 Å². The van der Waals surface area contributed by atoms with E-state index < -0.39 is 0 Å². The molecule has 0 radical (unpaired) electrons. The third kappa shape index (κ3) is 6.19. The number of hydrogen-bond donors (Lipinski definition) is 2. The second kappa shape index (κ2) is 11.1. The van der Waals surface area contributed by atoms with Gasteiger partial charge in [-0.1, -0.05) is 59.6 Å². The molecular weight excluding hydrogens is 421 g/mol. The van der Waals surface area contributed by atoms with Crippen LogP contribution in [0.5, 0.6) is 0 Å². The van der Waals surface area contributed by atoms with E-state index in [4.69, 9.17) is 28.3 Å². The van der Waals surface area contributed by atoms with Crippen LogP contribution in [0.3, 0.4) is 0 Å². The molecular formula is C23H29Cl2N3O2. The van der Waals surface area contributed by atoms with Crippen LogP contribution in [0.25, 0.3) is 0 Å². The molecule has 2 aromatic rings. The van der Waals surface area contributed by atoms with Gasteiger partial charge in [-0.15, -0.1) is 0 Å². The zero-order chi connectivity index (χ0) is 21.5. The standard InChI is InChI=1S/C23H29Cl2N3O2/c1-27(23(30)14-17-7-8-20(24)21(25)13-17)22(18-5-3-2-4-6-18)16-28-11-9-19(15-28)26-10-12-29/h2-8,13,19,22,26,29H,9-12,14-16H2,1H3/t19-,22?/m0/s1. The summed E-state index contributed by atoms with van der Waals surface area (Å²) >= 11 is 12.1. The van der Waals surface area contributed by atoms with Crippen molar-refractivity contribution in [2.75, 3.05) is 39.8 Å². The number of carbonyl (C=O) groups excluding carboxylic acids is 1. The summed E-state index contributed by atoms with van der Waals surface area (Å²) < 4.78 is 0. The lowest BCUT2D eigenvalue weighted by atomic mass is 10.0. The van der Waals surface area contributed by atoms with Gasteiger partial charge in [0.1, 0.15) is 0 Å². The number of hydrogen-bond acceptors (Lipinski definition) is 4. The van der Waals surface area contributed by atoms with Gasteiger partial charge in [0.05, 0.1) is 29.1 Å². The predicted octanol–water partition coefficient (Wildman–Crippen LogP) is 3.39. The van der Waals surface area contributed by atoms with Crippen molar-refractivity contribution in [3.63, 3.8) is 0 Å². The molecule has 1 unspecified atom stereocenters. The summed E-state index contributed by atoms with van der Waals surface area (Å²) in [5, 5.41) is 13.4. The lowest BCUT2D eigenvalue weighted by Gasteiger charge is -2.32. The number of aliphatic hydroxyl groups excluding tert-OH is 1. The number of aliphatic hydroxyl groups is 1. The van der Waals surface area contributed by atoms with Crippen molar-refractivity contribution >= 4 is 29.1 Å². The molecule has 0 saturated carbocycles. The number of rotatable bonds is 9. The average molecular weight is 450 g/mol. The Balaban J connectivity index is 1.70. The van der Waals surface area contributed by atoms with E-state index >= 15 is 0 Å². The highest BCUT2D eigenvalue weighted by Crippen LogP contribution is 2.26. The van der Waals surface area contributed by atoms with Gasteiger partial charge in [-0.3, -0.25) is 9.69 Å². The molecule has 0 bridgehead atoms. The molecule has 3 rings (SSSR count). The van der Waals surface area contributed by atoms with E-state index in [2.05, 4.69) is 22.3 Å². The minimum Gasteiger partial charge on any atom is -0.395 e. The van der Waals surface area contributed by atoms with Crippen molar-refractivity contribution in [1.29, 1.82) is 0 Å². The van der Waals surface area contributed by atoms with Gasteiger partial charge < -0.3 is 15.3 Å². The van der Waals surface area contributed by atoms with E-state index in [9.17, 15) is 4.79 Å². The Hall–Kier alpha value is -1.63. The highest BCUT2D eigenvalue weighted by atomic mass is 35.5. The highest BCUT2D eigenvalue weighted by molar-refractivity contribution is 6.42. The van der Waals surface area contributed by atoms with Crippen molar-refractivity contribution in [3.05, 3.63) is 69.7 Å². The third-order valence-electron chi connectivity index (χ3n) is 5.63. The number of halogens is 2. The molecule has 2 atom stereocenters. The maximum absolute atomic E-state index is 13.1. The number of amides is 1. The van der Waals surface area contributed by atoms with E-state index in [1.807, 2.05) is 36.2 Å². The lowest BCUT2D eigenvalue weighted by Crippen LogP contribution is -2.40. The van der Waals surface area contributed by atoms with E-state index in [0.29, 0.717) is 22.6 Å². The smallest absolute Gasteiger partial charge is 0.227 e. The van der Waals surface area contributed by atoms with Gasteiger partial charge in [0.2, 0.25) is 5.91 Å². The SMILES string of the molecule is CN(C(=O)Cc1ccc(Cl)c(Cl)c1)C(CN1CC[C@H](NCCO)C1)c1ccccc1. The molecule has 1 saturated heterocycles. The summed E-state index contributed by atoms with van der Waals surface area (Å²) in [6, 6.07) is 15.8. The molecule has 1 fully saturated rings. The first-order valence-electron chi connectivity index (χ1n) is 10.3. The minimum atomic E-state index is -0.0435. The number of likely N-dealkylation sites (N-methyl/N-ethyl adjacent to an activating group) is 1. The van der Waals surface area contributed by atoms with Crippen LogP contribution in [0.15, 0.2) is 48.5 Å². The van der Waals surface area contributed by atoms with Gasteiger partial charge in [0.15, 0.2) is 0 Å². The summed E-state index contributed by atoms with van der Waals surface area (Å²) in [6.45, 7) is 3.42. The maximum atomic E-state index is 13.1. The van der Waals surface area contributed by atoms with Gasteiger partial charge in [0, 0.05) is 32.7 Å². The first kappa shape index (κ1) is 23.0. The van der Waals surface area contributed by atoms with Crippen LogP contribution in [-0.4, -0.2) is 66.7 Å². The predicted molar refractivity (Wildman–Crippen MR) is 122 cm³/mol. The quantitative estimate of drug-likeness (QED) is 0.615. The molecule has 7 heteroatoms. The molecule has 2 aromatic carbocycles. The summed E-state index contributed by atoms with van der Waals surface area (Å²) in [5.41, 5.74) is 1.97. The van der Waals surface area contributed by atoms with Crippen LogP contribution < -0.4 is 5.32 Å². The van der Waals surface area contributed by atoms with Crippen LogP contribution in [0.1, 0.15) is 23.6 Å². The molecule has 0 aliphatic carbocycles. The second-order valence-corrected chi connectivity index (χ2v) is 8.59. The van der Waals surface area contributed by atoms with Crippen LogP contribution in [0, 0.1) is 0 Å². The van der Waals surface area contributed by atoms with Gasteiger partial charge in [-0.25, -0.2) is 0 Å². The van der Waals surface area contributed by atoms with Crippen LogP contribution in [0.2, 0.25) is 10.0 Å². The third-order valence-corrected chi connectivity index (χ3v) is 6.37.